The molecule has 1 aromatic rings. The Balaban J connectivity index is 1.97. The third-order valence-electron chi connectivity index (χ3n) is 3.01. The lowest BCUT2D eigenvalue weighted by molar-refractivity contribution is -0.134. The number of pyridine rings is 1. The van der Waals surface area contributed by atoms with E-state index in [1.54, 1.807) is 11.1 Å². The van der Waals surface area contributed by atoms with Gasteiger partial charge >= 0.3 is 0 Å². The SMILES string of the molecule is Cc1cc(N2CCN(C(=O)CO)CC2)ccn1. The smallest absolute Gasteiger partial charge is 0.248 e. The van der Waals surface area contributed by atoms with E-state index < -0.39 is 6.61 Å². The highest BCUT2D eigenvalue weighted by molar-refractivity contribution is 5.77. The summed E-state index contributed by atoms with van der Waals surface area (Å²) in [5.74, 6) is -0.185. The van der Waals surface area contributed by atoms with Gasteiger partial charge in [-0.15, -0.1) is 0 Å². The molecule has 0 saturated carbocycles. The fourth-order valence-corrected chi connectivity index (χ4v) is 2.04. The monoisotopic (exact) mass is 235 g/mol. The van der Waals surface area contributed by atoms with Gasteiger partial charge in [0.05, 0.1) is 0 Å². The number of nitrogens with zero attached hydrogens (tertiary/aromatic N) is 3. The van der Waals surface area contributed by atoms with Gasteiger partial charge in [-0.1, -0.05) is 0 Å². The van der Waals surface area contributed by atoms with Crippen molar-refractivity contribution in [3.05, 3.63) is 24.0 Å². The molecule has 2 rings (SSSR count). The molecule has 0 spiro atoms. The topological polar surface area (TPSA) is 56.7 Å². The molecule has 2 heterocycles. The molecule has 0 aromatic carbocycles. The van der Waals surface area contributed by atoms with E-state index >= 15 is 0 Å². The van der Waals surface area contributed by atoms with Crippen LogP contribution in [0, 0.1) is 6.92 Å². The highest BCUT2D eigenvalue weighted by atomic mass is 16.3. The third-order valence-corrected chi connectivity index (χ3v) is 3.01. The number of anilines is 1. The van der Waals surface area contributed by atoms with Crippen molar-refractivity contribution < 1.29 is 9.90 Å². The molecule has 0 atom stereocenters. The number of aliphatic hydroxyl groups is 1. The van der Waals surface area contributed by atoms with Crippen molar-refractivity contribution in [2.24, 2.45) is 0 Å². The lowest BCUT2D eigenvalue weighted by Gasteiger charge is -2.35. The van der Waals surface area contributed by atoms with E-state index in [4.69, 9.17) is 5.11 Å². The van der Waals surface area contributed by atoms with Gasteiger partial charge in [0.25, 0.3) is 0 Å². The maximum atomic E-state index is 11.3. The van der Waals surface area contributed by atoms with E-state index in [-0.39, 0.29) is 5.91 Å². The van der Waals surface area contributed by atoms with E-state index in [1.165, 1.54) is 0 Å². The van der Waals surface area contributed by atoms with E-state index in [0.717, 1.165) is 24.5 Å². The van der Waals surface area contributed by atoms with E-state index in [1.807, 2.05) is 19.1 Å². The largest absolute Gasteiger partial charge is 0.387 e. The number of hydrogen-bond donors (Lipinski definition) is 1. The first kappa shape index (κ1) is 11.9. The van der Waals surface area contributed by atoms with Crippen LogP contribution in [0.3, 0.4) is 0 Å². The zero-order valence-electron chi connectivity index (χ0n) is 9.96. The van der Waals surface area contributed by atoms with Crippen molar-refractivity contribution in [3.8, 4) is 0 Å². The van der Waals surface area contributed by atoms with Crippen LogP contribution in [0.2, 0.25) is 0 Å². The van der Waals surface area contributed by atoms with Gasteiger partial charge in [0, 0.05) is 43.8 Å². The molecule has 92 valence electrons. The van der Waals surface area contributed by atoms with Crippen LogP contribution in [0.5, 0.6) is 0 Å². The zero-order valence-corrected chi connectivity index (χ0v) is 9.96. The summed E-state index contributed by atoms with van der Waals surface area (Å²) in [6.07, 6.45) is 1.80. The molecule has 17 heavy (non-hydrogen) atoms. The van der Waals surface area contributed by atoms with Crippen LogP contribution >= 0.6 is 0 Å². The number of amides is 1. The van der Waals surface area contributed by atoms with Gasteiger partial charge in [0.15, 0.2) is 0 Å². The van der Waals surface area contributed by atoms with Crippen molar-refractivity contribution in [2.45, 2.75) is 6.92 Å². The van der Waals surface area contributed by atoms with Gasteiger partial charge in [0.2, 0.25) is 5.91 Å². The standard InChI is InChI=1S/C12H17N3O2/c1-10-8-11(2-3-13-10)14-4-6-15(7-5-14)12(17)9-16/h2-3,8,16H,4-7,9H2,1H3. The van der Waals surface area contributed by atoms with Gasteiger partial charge in [-0.3, -0.25) is 9.78 Å². The molecule has 0 bridgehead atoms. The Hall–Kier alpha value is -1.62. The summed E-state index contributed by atoms with van der Waals surface area (Å²) in [4.78, 5) is 19.4. The number of carbonyl (C=O) groups excluding carboxylic acids is 1. The summed E-state index contributed by atoms with van der Waals surface area (Å²) in [5, 5.41) is 8.79. The predicted molar refractivity (Wildman–Crippen MR) is 64.9 cm³/mol. The molecule has 1 aliphatic heterocycles. The Bertz CT molecular complexity index is 400. The number of rotatable bonds is 2. The fourth-order valence-electron chi connectivity index (χ4n) is 2.04. The molecule has 1 aromatic heterocycles. The molecule has 1 fully saturated rings. The van der Waals surface area contributed by atoms with Gasteiger partial charge in [-0.2, -0.15) is 0 Å². The predicted octanol–water partition coefficient (Wildman–Crippen LogP) is 0.0309. The molecule has 5 nitrogen and oxygen atoms in total. The van der Waals surface area contributed by atoms with Crippen molar-refractivity contribution in [3.63, 3.8) is 0 Å². The minimum atomic E-state index is -0.394. The Labute approximate surface area is 101 Å². The lowest BCUT2D eigenvalue weighted by Crippen LogP contribution is -2.49. The molecule has 0 unspecified atom stereocenters. The molecular formula is C12H17N3O2. The molecule has 1 amide bonds. The maximum absolute atomic E-state index is 11.3. The molecule has 1 aliphatic rings. The van der Waals surface area contributed by atoms with E-state index in [0.29, 0.717) is 13.1 Å². The van der Waals surface area contributed by atoms with E-state index in [2.05, 4.69) is 9.88 Å². The Morgan fingerprint density at radius 1 is 1.41 bits per heavy atom. The van der Waals surface area contributed by atoms with Crippen molar-refractivity contribution >= 4 is 11.6 Å². The molecule has 5 heteroatoms. The molecular weight excluding hydrogens is 218 g/mol. The van der Waals surface area contributed by atoms with Crippen LogP contribution in [0.1, 0.15) is 5.69 Å². The van der Waals surface area contributed by atoms with Crippen molar-refractivity contribution in [1.82, 2.24) is 9.88 Å². The lowest BCUT2D eigenvalue weighted by atomic mass is 10.2. The van der Waals surface area contributed by atoms with E-state index in [9.17, 15) is 4.79 Å². The second-order valence-corrected chi connectivity index (χ2v) is 4.18. The maximum Gasteiger partial charge on any atom is 0.248 e. The quantitative estimate of drug-likeness (QED) is 0.786. The Morgan fingerprint density at radius 3 is 2.71 bits per heavy atom. The highest BCUT2D eigenvalue weighted by Crippen LogP contribution is 2.16. The van der Waals surface area contributed by atoms with Crippen LogP contribution in [0.25, 0.3) is 0 Å². The second kappa shape index (κ2) is 5.14. The number of aliphatic hydroxyl groups excluding tert-OH is 1. The van der Waals surface area contributed by atoms with Gasteiger partial charge in [-0.05, 0) is 19.1 Å². The summed E-state index contributed by atoms with van der Waals surface area (Å²) >= 11 is 0. The average Bonchev–Trinajstić information content (AvgIpc) is 2.38. The summed E-state index contributed by atoms with van der Waals surface area (Å²) in [6, 6.07) is 4.03. The normalized spacial score (nSPS) is 16.1. The third kappa shape index (κ3) is 2.74. The number of aryl methyl sites for hydroxylation is 1. The average molecular weight is 235 g/mol. The summed E-state index contributed by atoms with van der Waals surface area (Å²) in [5.41, 5.74) is 2.14. The fraction of sp³-hybridized carbons (Fsp3) is 0.500. The number of aromatic nitrogens is 1. The van der Waals surface area contributed by atoms with Crippen LogP contribution in [0.15, 0.2) is 18.3 Å². The minimum absolute atomic E-state index is 0.185. The van der Waals surface area contributed by atoms with Crippen LogP contribution < -0.4 is 4.90 Å². The first-order valence-corrected chi connectivity index (χ1v) is 5.77. The van der Waals surface area contributed by atoms with Crippen molar-refractivity contribution in [1.29, 1.82) is 0 Å². The zero-order chi connectivity index (χ0) is 12.3. The summed E-state index contributed by atoms with van der Waals surface area (Å²) < 4.78 is 0. The Morgan fingerprint density at radius 2 is 2.12 bits per heavy atom. The van der Waals surface area contributed by atoms with Crippen molar-refractivity contribution in [2.75, 3.05) is 37.7 Å². The molecule has 0 radical (unpaired) electrons. The number of piperazine rings is 1. The minimum Gasteiger partial charge on any atom is -0.387 e. The van der Waals surface area contributed by atoms with Gasteiger partial charge < -0.3 is 14.9 Å². The summed E-state index contributed by atoms with van der Waals surface area (Å²) in [6.45, 7) is 4.51. The van der Waals surface area contributed by atoms with Crippen LogP contribution in [-0.2, 0) is 4.79 Å². The van der Waals surface area contributed by atoms with Crippen LogP contribution in [0.4, 0.5) is 5.69 Å². The Kier molecular flexibility index (Phi) is 3.58. The molecule has 1 N–H and O–H groups in total. The molecule has 0 aliphatic carbocycles. The van der Waals surface area contributed by atoms with Crippen LogP contribution in [-0.4, -0.2) is 53.7 Å². The number of hydrogen-bond acceptors (Lipinski definition) is 4. The number of carbonyl (C=O) groups is 1. The van der Waals surface area contributed by atoms with Gasteiger partial charge in [-0.25, -0.2) is 0 Å². The van der Waals surface area contributed by atoms with Gasteiger partial charge in [0.1, 0.15) is 6.61 Å². The first-order chi connectivity index (χ1) is 8.20. The highest BCUT2D eigenvalue weighted by Gasteiger charge is 2.20. The molecule has 1 saturated heterocycles. The first-order valence-electron chi connectivity index (χ1n) is 5.77. The summed E-state index contributed by atoms with van der Waals surface area (Å²) in [7, 11) is 0. The second-order valence-electron chi connectivity index (χ2n) is 4.18.